The molecule has 2 aromatic carbocycles. The number of nitrogen functional groups attached to an aromatic ring is 1. The van der Waals surface area contributed by atoms with Gasteiger partial charge in [-0.15, -0.1) is 0 Å². The third-order valence-electron chi connectivity index (χ3n) is 4.86. The van der Waals surface area contributed by atoms with E-state index in [1.54, 1.807) is 6.20 Å². The van der Waals surface area contributed by atoms with Crippen LogP contribution in [0.15, 0.2) is 54.7 Å². The Morgan fingerprint density at radius 1 is 0.923 bits per heavy atom. The van der Waals surface area contributed by atoms with E-state index in [0.29, 0.717) is 5.65 Å². The molecule has 1 aliphatic heterocycles. The Balaban J connectivity index is 1.80. The molecule has 5 rings (SSSR count). The van der Waals surface area contributed by atoms with Crippen molar-refractivity contribution in [2.24, 2.45) is 5.73 Å². The number of nitrogens with two attached hydrogens (primary N) is 2. The molecule has 0 radical (unpaired) electrons. The van der Waals surface area contributed by atoms with Gasteiger partial charge in [-0.3, -0.25) is 0 Å². The zero-order valence-electron chi connectivity index (χ0n) is 14.1. The summed E-state index contributed by atoms with van der Waals surface area (Å²) in [4.78, 5) is 15.4. The first-order chi connectivity index (χ1) is 12.7. The van der Waals surface area contributed by atoms with Crippen LogP contribution in [0, 0.1) is 0 Å². The first-order valence-corrected chi connectivity index (χ1v) is 8.61. The fraction of sp³-hybridized carbons (Fsp3) is 0.150. The highest BCUT2D eigenvalue weighted by Crippen LogP contribution is 2.37. The van der Waals surface area contributed by atoms with Crippen molar-refractivity contribution >= 4 is 33.6 Å². The molecule has 2 aromatic heterocycles. The van der Waals surface area contributed by atoms with E-state index in [0.717, 1.165) is 35.4 Å². The summed E-state index contributed by atoms with van der Waals surface area (Å²) >= 11 is 0. The minimum atomic E-state index is 0.184. The zero-order valence-corrected chi connectivity index (χ0v) is 14.1. The number of aromatic nitrogens is 3. The van der Waals surface area contributed by atoms with E-state index in [4.69, 9.17) is 16.5 Å². The highest BCUT2D eigenvalue weighted by atomic mass is 15.3. The number of benzene rings is 2. The van der Waals surface area contributed by atoms with Gasteiger partial charge in [0.05, 0.1) is 0 Å². The minimum Gasteiger partial charge on any atom is -0.368 e. The second-order valence-electron chi connectivity index (χ2n) is 6.69. The van der Waals surface area contributed by atoms with Gasteiger partial charge < -0.3 is 16.4 Å². The van der Waals surface area contributed by atoms with E-state index < -0.39 is 0 Å². The summed E-state index contributed by atoms with van der Waals surface area (Å²) in [7, 11) is 0. The maximum Gasteiger partial charge on any atom is 0.222 e. The van der Waals surface area contributed by atoms with Crippen LogP contribution < -0.4 is 16.4 Å². The summed E-state index contributed by atoms with van der Waals surface area (Å²) in [6, 6.07) is 17.0. The number of hydrogen-bond acceptors (Lipinski definition) is 6. The first kappa shape index (κ1) is 15.0. The average Bonchev–Trinajstić information content (AvgIpc) is 2.64. The van der Waals surface area contributed by atoms with E-state index >= 15 is 0 Å². The molecule has 0 aliphatic carbocycles. The number of hydrogen-bond donors (Lipinski definition) is 2. The summed E-state index contributed by atoms with van der Waals surface area (Å²) < 4.78 is 0. The van der Waals surface area contributed by atoms with E-state index in [2.05, 4.69) is 63.4 Å². The third-order valence-corrected chi connectivity index (χ3v) is 4.86. The van der Waals surface area contributed by atoms with Crippen LogP contribution in [0.4, 0.5) is 11.8 Å². The Bertz CT molecular complexity index is 1130. The van der Waals surface area contributed by atoms with E-state index in [-0.39, 0.29) is 12.0 Å². The highest BCUT2D eigenvalue weighted by molar-refractivity contribution is 6.01. The molecule has 26 heavy (non-hydrogen) atoms. The van der Waals surface area contributed by atoms with Crippen molar-refractivity contribution in [1.82, 2.24) is 15.0 Å². The van der Waals surface area contributed by atoms with Crippen LogP contribution in [0.25, 0.3) is 32.9 Å². The van der Waals surface area contributed by atoms with Crippen LogP contribution in [0.1, 0.15) is 0 Å². The topological polar surface area (TPSA) is 94.0 Å². The van der Waals surface area contributed by atoms with Crippen molar-refractivity contribution in [1.29, 1.82) is 0 Å². The molecule has 0 unspecified atom stereocenters. The molecule has 0 atom stereocenters. The maximum absolute atomic E-state index is 6.01. The average molecular weight is 342 g/mol. The number of pyridine rings is 1. The Morgan fingerprint density at radius 2 is 1.73 bits per heavy atom. The van der Waals surface area contributed by atoms with Crippen LogP contribution in [-0.2, 0) is 0 Å². The number of anilines is 2. The molecule has 3 heterocycles. The molecule has 0 saturated carbocycles. The quantitative estimate of drug-likeness (QED) is 0.581. The fourth-order valence-electron chi connectivity index (χ4n) is 3.55. The van der Waals surface area contributed by atoms with Gasteiger partial charge in [-0.1, -0.05) is 42.5 Å². The molecule has 6 heteroatoms. The number of rotatable bonds is 2. The van der Waals surface area contributed by atoms with Crippen molar-refractivity contribution in [3.63, 3.8) is 0 Å². The molecule has 6 nitrogen and oxygen atoms in total. The molecular formula is C20H18N6. The SMILES string of the molecule is Nc1ncc2cc(-c3cccc4ccccc34)c(N3CC(N)C3)nc2n1. The molecule has 0 spiro atoms. The van der Waals surface area contributed by atoms with Crippen molar-refractivity contribution < 1.29 is 0 Å². The predicted octanol–water partition coefficient (Wildman–Crippen LogP) is 2.57. The number of nitrogens with zero attached hydrogens (tertiary/aromatic N) is 4. The Hall–Kier alpha value is -3.25. The molecular weight excluding hydrogens is 324 g/mol. The van der Waals surface area contributed by atoms with Gasteiger partial charge in [0.25, 0.3) is 0 Å². The molecule has 1 aliphatic rings. The molecule has 1 fully saturated rings. The van der Waals surface area contributed by atoms with Gasteiger partial charge in [-0.2, -0.15) is 4.98 Å². The molecule has 4 N–H and O–H groups in total. The monoisotopic (exact) mass is 342 g/mol. The van der Waals surface area contributed by atoms with Gasteiger partial charge in [-0.05, 0) is 22.4 Å². The van der Waals surface area contributed by atoms with E-state index in [1.807, 2.05) is 0 Å². The fourth-order valence-corrected chi connectivity index (χ4v) is 3.55. The van der Waals surface area contributed by atoms with Crippen LogP contribution >= 0.6 is 0 Å². The van der Waals surface area contributed by atoms with Gasteiger partial charge in [0.15, 0.2) is 5.65 Å². The molecule has 128 valence electrons. The normalized spacial score (nSPS) is 14.7. The Kier molecular flexibility index (Phi) is 3.26. The van der Waals surface area contributed by atoms with Crippen LogP contribution in [-0.4, -0.2) is 34.1 Å². The lowest BCUT2D eigenvalue weighted by atomic mass is 9.96. The predicted molar refractivity (Wildman–Crippen MR) is 105 cm³/mol. The van der Waals surface area contributed by atoms with Crippen molar-refractivity contribution in [3.05, 3.63) is 54.7 Å². The molecule has 4 aromatic rings. The second kappa shape index (κ2) is 5.64. The second-order valence-corrected chi connectivity index (χ2v) is 6.69. The zero-order chi connectivity index (χ0) is 17.7. The maximum atomic E-state index is 6.01. The van der Waals surface area contributed by atoms with Crippen molar-refractivity contribution in [2.45, 2.75) is 6.04 Å². The van der Waals surface area contributed by atoms with Gasteiger partial charge in [0.2, 0.25) is 5.95 Å². The summed E-state index contributed by atoms with van der Waals surface area (Å²) in [5, 5.41) is 3.26. The van der Waals surface area contributed by atoms with E-state index in [1.165, 1.54) is 10.8 Å². The number of fused-ring (bicyclic) bond motifs is 2. The van der Waals surface area contributed by atoms with Gasteiger partial charge in [0.1, 0.15) is 5.82 Å². The molecule has 0 amide bonds. The molecule has 0 bridgehead atoms. The smallest absolute Gasteiger partial charge is 0.222 e. The van der Waals surface area contributed by atoms with Crippen LogP contribution in [0.3, 0.4) is 0 Å². The van der Waals surface area contributed by atoms with E-state index in [9.17, 15) is 0 Å². The van der Waals surface area contributed by atoms with Crippen LogP contribution in [0.2, 0.25) is 0 Å². The first-order valence-electron chi connectivity index (χ1n) is 8.61. The molecule has 1 saturated heterocycles. The summed E-state index contributed by atoms with van der Waals surface area (Å²) in [6.45, 7) is 1.58. The van der Waals surface area contributed by atoms with Gasteiger partial charge >= 0.3 is 0 Å². The Morgan fingerprint density at radius 3 is 2.58 bits per heavy atom. The van der Waals surface area contributed by atoms with Crippen LogP contribution in [0.5, 0.6) is 0 Å². The lowest BCUT2D eigenvalue weighted by Gasteiger charge is -2.39. The summed E-state index contributed by atoms with van der Waals surface area (Å²) in [5.74, 6) is 1.13. The standard InChI is InChI=1S/C20H18N6/c21-14-10-26(11-14)19-17(8-13-9-23-20(22)25-18(13)24-19)16-7-3-5-12-4-1-2-6-15(12)16/h1-9,14H,10-11,21H2,(H2,22,23,24,25). The summed E-state index contributed by atoms with van der Waals surface area (Å²) in [6.07, 6.45) is 1.73. The van der Waals surface area contributed by atoms with Gasteiger partial charge in [0, 0.05) is 36.3 Å². The van der Waals surface area contributed by atoms with Crippen molar-refractivity contribution in [3.8, 4) is 11.1 Å². The van der Waals surface area contributed by atoms with Gasteiger partial charge in [-0.25, -0.2) is 9.97 Å². The third kappa shape index (κ3) is 2.34. The highest BCUT2D eigenvalue weighted by Gasteiger charge is 2.27. The lowest BCUT2D eigenvalue weighted by Crippen LogP contribution is -2.56. The van der Waals surface area contributed by atoms with Crippen molar-refractivity contribution in [2.75, 3.05) is 23.7 Å². The lowest BCUT2D eigenvalue weighted by molar-refractivity contribution is 0.515. The summed E-state index contributed by atoms with van der Waals surface area (Å²) in [5.41, 5.74) is 14.6. The minimum absolute atomic E-state index is 0.184. The largest absolute Gasteiger partial charge is 0.368 e. The Labute approximate surface area is 150 Å².